The monoisotopic (exact) mass is 476 g/mol. The molecule has 2 aromatic heterocycles. The molecule has 0 saturated carbocycles. The first-order chi connectivity index (χ1) is 17.5. The predicted octanol–water partition coefficient (Wildman–Crippen LogP) is 6.66. The number of rotatable bonds is 4. The molecule has 0 bridgehead atoms. The first-order valence-corrected chi connectivity index (χ1v) is 11.1. The molecular weight excluding hydrogens is 459 g/mol. The van der Waals surface area contributed by atoms with E-state index in [0.717, 1.165) is 5.39 Å². The Morgan fingerprint density at radius 2 is 1.61 bits per heavy atom. The van der Waals surface area contributed by atoms with Crippen LogP contribution in [-0.2, 0) is 0 Å². The van der Waals surface area contributed by atoms with E-state index in [-0.39, 0.29) is 17.6 Å². The van der Waals surface area contributed by atoms with Crippen molar-refractivity contribution in [2.75, 3.05) is 5.32 Å². The average molecular weight is 476 g/mol. The fourth-order valence-corrected chi connectivity index (χ4v) is 4.04. The standard InChI is InChI=1S/C29H17FN2O4/c30-21-9-4-8-20(14-21)28-32-24-16-22(11-12-26(24)35-28)31-27(33)19-7-3-6-17(13-19)23-15-18-5-1-2-10-25(18)36-29(23)34/h1-16H,(H,31,33). The van der Waals surface area contributed by atoms with Crippen molar-refractivity contribution in [1.82, 2.24) is 4.98 Å². The number of anilines is 1. The molecule has 6 nitrogen and oxygen atoms in total. The van der Waals surface area contributed by atoms with Crippen LogP contribution in [0.15, 0.2) is 111 Å². The van der Waals surface area contributed by atoms with Gasteiger partial charge in [-0.3, -0.25) is 4.79 Å². The highest BCUT2D eigenvalue weighted by molar-refractivity contribution is 6.05. The highest BCUT2D eigenvalue weighted by atomic mass is 19.1. The van der Waals surface area contributed by atoms with Crippen LogP contribution in [0.25, 0.3) is 44.7 Å². The van der Waals surface area contributed by atoms with Crippen molar-refractivity contribution < 1.29 is 18.0 Å². The van der Waals surface area contributed by atoms with Crippen molar-refractivity contribution in [3.63, 3.8) is 0 Å². The second kappa shape index (κ2) is 8.63. The molecule has 1 amide bonds. The summed E-state index contributed by atoms with van der Waals surface area (Å²) in [4.78, 5) is 30.0. The zero-order chi connectivity index (χ0) is 24.6. The second-order valence-corrected chi connectivity index (χ2v) is 8.23. The van der Waals surface area contributed by atoms with Gasteiger partial charge in [0.05, 0.1) is 5.56 Å². The zero-order valence-corrected chi connectivity index (χ0v) is 18.7. The Morgan fingerprint density at radius 1 is 0.778 bits per heavy atom. The summed E-state index contributed by atoms with van der Waals surface area (Å²) in [5, 5.41) is 3.64. The second-order valence-electron chi connectivity index (χ2n) is 8.23. The lowest BCUT2D eigenvalue weighted by Crippen LogP contribution is -2.12. The Labute approximate surface area is 203 Å². The van der Waals surface area contributed by atoms with E-state index in [0.29, 0.717) is 44.6 Å². The number of oxazole rings is 1. The number of nitrogens with one attached hydrogen (secondary N) is 1. The normalized spacial score (nSPS) is 11.1. The number of amides is 1. The van der Waals surface area contributed by atoms with Gasteiger partial charge in [-0.2, -0.15) is 0 Å². The van der Waals surface area contributed by atoms with Crippen molar-refractivity contribution >= 4 is 33.7 Å². The molecule has 0 aliphatic rings. The van der Waals surface area contributed by atoms with E-state index in [1.807, 2.05) is 12.1 Å². The largest absolute Gasteiger partial charge is 0.436 e. The number of hydrogen-bond donors (Lipinski definition) is 1. The van der Waals surface area contributed by atoms with Gasteiger partial charge in [0, 0.05) is 22.2 Å². The Kier molecular flexibility index (Phi) is 5.15. The fraction of sp³-hybridized carbons (Fsp3) is 0. The van der Waals surface area contributed by atoms with Crippen LogP contribution in [0.4, 0.5) is 10.1 Å². The summed E-state index contributed by atoms with van der Waals surface area (Å²) in [6.45, 7) is 0. The molecular formula is C29H17FN2O4. The number of carbonyl (C=O) groups is 1. The Morgan fingerprint density at radius 3 is 2.50 bits per heavy atom. The summed E-state index contributed by atoms with van der Waals surface area (Å²) < 4.78 is 24.7. The van der Waals surface area contributed by atoms with Crippen LogP contribution >= 0.6 is 0 Å². The lowest BCUT2D eigenvalue weighted by molar-refractivity contribution is 0.102. The minimum atomic E-state index is -0.475. The van der Waals surface area contributed by atoms with E-state index in [1.54, 1.807) is 72.8 Å². The van der Waals surface area contributed by atoms with Crippen LogP contribution in [0.5, 0.6) is 0 Å². The minimum absolute atomic E-state index is 0.287. The third-order valence-corrected chi connectivity index (χ3v) is 5.79. The first kappa shape index (κ1) is 21.5. The summed E-state index contributed by atoms with van der Waals surface area (Å²) in [5.41, 5.74) is 3.42. The van der Waals surface area contributed by atoms with E-state index in [1.165, 1.54) is 12.1 Å². The van der Waals surface area contributed by atoms with E-state index in [4.69, 9.17) is 8.83 Å². The summed E-state index contributed by atoms with van der Waals surface area (Å²) in [6, 6.07) is 26.9. The number of benzene rings is 4. The fourth-order valence-electron chi connectivity index (χ4n) is 4.04. The van der Waals surface area contributed by atoms with Gasteiger partial charge < -0.3 is 14.2 Å². The third kappa shape index (κ3) is 4.03. The average Bonchev–Trinajstić information content (AvgIpc) is 3.32. The molecule has 0 aliphatic carbocycles. The number of para-hydroxylation sites is 1. The van der Waals surface area contributed by atoms with Crippen molar-refractivity contribution in [3.8, 4) is 22.6 Å². The maximum Gasteiger partial charge on any atom is 0.344 e. The zero-order valence-electron chi connectivity index (χ0n) is 18.7. The van der Waals surface area contributed by atoms with Crippen LogP contribution in [0.3, 0.4) is 0 Å². The number of nitrogens with zero attached hydrogens (tertiary/aromatic N) is 1. The summed E-state index contributed by atoms with van der Waals surface area (Å²) in [6.07, 6.45) is 0. The highest BCUT2D eigenvalue weighted by Crippen LogP contribution is 2.27. The SMILES string of the molecule is O=C(Nc1ccc2oc(-c3cccc(F)c3)nc2c1)c1cccc(-c2cc3ccccc3oc2=O)c1. The van der Waals surface area contributed by atoms with E-state index in [9.17, 15) is 14.0 Å². The molecule has 0 fully saturated rings. The molecule has 174 valence electrons. The Balaban J connectivity index is 1.28. The molecule has 0 atom stereocenters. The van der Waals surface area contributed by atoms with E-state index < -0.39 is 5.63 Å². The van der Waals surface area contributed by atoms with Gasteiger partial charge in [-0.15, -0.1) is 0 Å². The van der Waals surface area contributed by atoms with Crippen molar-refractivity contribution in [2.45, 2.75) is 0 Å². The van der Waals surface area contributed by atoms with Gasteiger partial charge in [-0.1, -0.05) is 36.4 Å². The minimum Gasteiger partial charge on any atom is -0.436 e. The van der Waals surface area contributed by atoms with Crippen molar-refractivity contribution in [2.24, 2.45) is 0 Å². The highest BCUT2D eigenvalue weighted by Gasteiger charge is 2.14. The molecule has 6 aromatic rings. The van der Waals surface area contributed by atoms with Crippen molar-refractivity contribution in [3.05, 3.63) is 119 Å². The summed E-state index contributed by atoms with van der Waals surface area (Å²) in [5.74, 6) is -0.448. The van der Waals surface area contributed by atoms with E-state index >= 15 is 0 Å². The van der Waals surface area contributed by atoms with Crippen LogP contribution in [0.2, 0.25) is 0 Å². The van der Waals surface area contributed by atoms with Crippen LogP contribution in [0, 0.1) is 5.82 Å². The molecule has 0 radical (unpaired) electrons. The number of carbonyl (C=O) groups excluding carboxylic acids is 1. The van der Waals surface area contributed by atoms with Gasteiger partial charge in [-0.05, 0) is 66.2 Å². The lowest BCUT2D eigenvalue weighted by atomic mass is 10.0. The molecule has 6 rings (SSSR count). The summed E-state index contributed by atoms with van der Waals surface area (Å²) >= 11 is 0. The molecule has 1 N–H and O–H groups in total. The quantitative estimate of drug-likeness (QED) is 0.288. The van der Waals surface area contributed by atoms with Crippen LogP contribution in [0.1, 0.15) is 10.4 Å². The van der Waals surface area contributed by atoms with Gasteiger partial charge in [0.25, 0.3) is 5.91 Å². The molecule has 4 aromatic carbocycles. The van der Waals surface area contributed by atoms with E-state index in [2.05, 4.69) is 10.3 Å². The number of halogens is 1. The Bertz CT molecular complexity index is 1840. The van der Waals surface area contributed by atoms with Gasteiger partial charge in [0.1, 0.15) is 16.9 Å². The van der Waals surface area contributed by atoms with Crippen LogP contribution < -0.4 is 10.9 Å². The third-order valence-electron chi connectivity index (χ3n) is 5.79. The van der Waals surface area contributed by atoms with Crippen molar-refractivity contribution in [1.29, 1.82) is 0 Å². The topological polar surface area (TPSA) is 85.3 Å². The first-order valence-electron chi connectivity index (χ1n) is 11.1. The van der Waals surface area contributed by atoms with Gasteiger partial charge in [0.15, 0.2) is 5.58 Å². The van der Waals surface area contributed by atoms with Gasteiger partial charge in [0.2, 0.25) is 5.89 Å². The maximum absolute atomic E-state index is 13.6. The molecule has 0 saturated heterocycles. The van der Waals surface area contributed by atoms with Crippen LogP contribution in [-0.4, -0.2) is 10.9 Å². The number of hydrogen-bond acceptors (Lipinski definition) is 5. The molecule has 0 spiro atoms. The maximum atomic E-state index is 13.6. The number of fused-ring (bicyclic) bond motifs is 2. The molecule has 36 heavy (non-hydrogen) atoms. The molecule has 0 unspecified atom stereocenters. The molecule has 2 heterocycles. The number of aromatic nitrogens is 1. The smallest absolute Gasteiger partial charge is 0.344 e. The lowest BCUT2D eigenvalue weighted by Gasteiger charge is -2.07. The molecule has 0 aliphatic heterocycles. The van der Waals surface area contributed by atoms with Gasteiger partial charge >= 0.3 is 5.63 Å². The van der Waals surface area contributed by atoms with Gasteiger partial charge in [-0.25, -0.2) is 14.2 Å². The Hall–Kier alpha value is -5.04. The summed E-state index contributed by atoms with van der Waals surface area (Å²) in [7, 11) is 0. The molecule has 7 heteroatoms. The predicted molar refractivity (Wildman–Crippen MR) is 135 cm³/mol.